The van der Waals surface area contributed by atoms with E-state index < -0.39 is 22.5 Å². The van der Waals surface area contributed by atoms with Gasteiger partial charge in [0.2, 0.25) is 0 Å². The molecule has 0 spiro atoms. The van der Waals surface area contributed by atoms with Gasteiger partial charge in [-0.3, -0.25) is 14.9 Å². The van der Waals surface area contributed by atoms with E-state index in [0.717, 1.165) is 17.4 Å². The van der Waals surface area contributed by atoms with Gasteiger partial charge >= 0.3 is 5.97 Å². The van der Waals surface area contributed by atoms with Crippen molar-refractivity contribution in [2.24, 2.45) is 0 Å². The first-order chi connectivity index (χ1) is 12.4. The molecule has 2 rings (SSSR count). The normalized spacial score (nSPS) is 10.2. The fourth-order valence-corrected chi connectivity index (χ4v) is 2.76. The number of carboxylic acids is 1. The van der Waals surface area contributed by atoms with Crippen molar-refractivity contribution in [3.8, 4) is 11.5 Å². The third-order valence-electron chi connectivity index (χ3n) is 3.19. The van der Waals surface area contributed by atoms with Crippen molar-refractivity contribution in [3.05, 3.63) is 43.9 Å². The molecular weight excluding hydrogens is 366 g/mol. The minimum Gasteiger partial charge on any atom is -0.493 e. The maximum atomic E-state index is 12.4. The molecule has 1 aromatic carbocycles. The van der Waals surface area contributed by atoms with Gasteiger partial charge in [0.1, 0.15) is 10.6 Å². The van der Waals surface area contributed by atoms with E-state index in [-0.39, 0.29) is 35.9 Å². The minimum absolute atomic E-state index is 0.0660. The first-order valence-corrected chi connectivity index (χ1v) is 8.20. The average Bonchev–Trinajstić information content (AvgIpc) is 3.08. The molecule has 0 aliphatic rings. The van der Waals surface area contributed by atoms with Crippen LogP contribution in [0.15, 0.2) is 17.5 Å². The summed E-state index contributed by atoms with van der Waals surface area (Å²) in [5, 5.41) is 24.3. The summed E-state index contributed by atoms with van der Waals surface area (Å²) >= 11 is 1.06. The van der Waals surface area contributed by atoms with Crippen molar-refractivity contribution < 1.29 is 29.1 Å². The molecule has 2 N–H and O–H groups in total. The molecule has 0 fully saturated rings. The number of nitro groups is 1. The van der Waals surface area contributed by atoms with Crippen LogP contribution in [-0.2, 0) is 6.54 Å². The Hall–Kier alpha value is -3.21. The van der Waals surface area contributed by atoms with Crippen molar-refractivity contribution in [3.63, 3.8) is 0 Å². The highest BCUT2D eigenvalue weighted by molar-refractivity contribution is 7.09. The summed E-state index contributed by atoms with van der Waals surface area (Å²) in [5.41, 5.74) is -0.768. The summed E-state index contributed by atoms with van der Waals surface area (Å²) in [4.78, 5) is 37.6. The van der Waals surface area contributed by atoms with Gasteiger partial charge in [0.25, 0.3) is 11.6 Å². The Morgan fingerprint density at radius 1 is 1.38 bits per heavy atom. The molecule has 0 radical (unpaired) electrons. The highest BCUT2D eigenvalue weighted by atomic mass is 32.1. The number of carbonyl (C=O) groups excluding carboxylic acids is 1. The largest absolute Gasteiger partial charge is 0.493 e. The second-order valence-corrected chi connectivity index (χ2v) is 5.77. The number of hydrogen-bond acceptors (Lipinski definition) is 8. The van der Waals surface area contributed by atoms with Gasteiger partial charge in [0.15, 0.2) is 17.2 Å². The van der Waals surface area contributed by atoms with E-state index >= 15 is 0 Å². The Bertz CT molecular complexity index is 850. The predicted molar refractivity (Wildman–Crippen MR) is 91.1 cm³/mol. The summed E-state index contributed by atoms with van der Waals surface area (Å²) in [5.74, 6) is -1.55. The summed E-state index contributed by atoms with van der Waals surface area (Å²) < 4.78 is 10.4. The zero-order valence-electron chi connectivity index (χ0n) is 13.8. The molecule has 0 atom stereocenters. The molecule has 0 aliphatic heterocycles. The number of rotatable bonds is 8. The quantitative estimate of drug-likeness (QED) is 0.523. The molecule has 26 heavy (non-hydrogen) atoms. The summed E-state index contributed by atoms with van der Waals surface area (Å²) in [6, 6.07) is 2.35. The third kappa shape index (κ3) is 4.25. The molecule has 10 nitrogen and oxygen atoms in total. The Balaban J connectivity index is 2.25. The van der Waals surface area contributed by atoms with Gasteiger partial charge in [-0.15, -0.1) is 11.3 Å². The monoisotopic (exact) mass is 381 g/mol. The van der Waals surface area contributed by atoms with E-state index in [4.69, 9.17) is 14.6 Å². The maximum Gasteiger partial charge on any atom is 0.355 e. The highest BCUT2D eigenvalue weighted by Gasteiger charge is 2.25. The molecule has 1 aromatic heterocycles. The number of nitrogens with zero attached hydrogens (tertiary/aromatic N) is 2. The Morgan fingerprint density at radius 2 is 2.12 bits per heavy atom. The van der Waals surface area contributed by atoms with Crippen molar-refractivity contribution in [2.45, 2.75) is 13.5 Å². The molecule has 2 aromatic rings. The third-order valence-corrected chi connectivity index (χ3v) is 4.04. The number of carbonyl (C=O) groups is 2. The van der Waals surface area contributed by atoms with E-state index in [2.05, 4.69) is 10.3 Å². The van der Waals surface area contributed by atoms with Crippen LogP contribution in [-0.4, -0.2) is 40.6 Å². The van der Waals surface area contributed by atoms with Gasteiger partial charge in [-0.2, -0.15) is 0 Å². The number of carboxylic acid groups (broad SMARTS) is 1. The molecular formula is C15H15N3O7S. The van der Waals surface area contributed by atoms with E-state index in [0.29, 0.717) is 5.01 Å². The van der Waals surface area contributed by atoms with Crippen LogP contribution in [0.1, 0.15) is 32.8 Å². The van der Waals surface area contributed by atoms with E-state index in [9.17, 15) is 19.7 Å². The topological polar surface area (TPSA) is 141 Å². The van der Waals surface area contributed by atoms with Gasteiger partial charge in [0.05, 0.1) is 31.3 Å². The van der Waals surface area contributed by atoms with Crippen molar-refractivity contribution in [1.29, 1.82) is 0 Å². The SMILES string of the molecule is CCOc1cc([N+](=O)[O-])c(C(=O)NCc2nc(C(=O)O)cs2)cc1OC. The smallest absolute Gasteiger partial charge is 0.355 e. The summed E-state index contributed by atoms with van der Waals surface area (Å²) in [6.45, 7) is 1.92. The van der Waals surface area contributed by atoms with Crippen LogP contribution in [0.4, 0.5) is 5.69 Å². The lowest BCUT2D eigenvalue weighted by molar-refractivity contribution is -0.385. The van der Waals surface area contributed by atoms with Crippen LogP contribution in [0.2, 0.25) is 0 Å². The zero-order valence-corrected chi connectivity index (χ0v) is 14.7. The van der Waals surface area contributed by atoms with Crippen LogP contribution >= 0.6 is 11.3 Å². The zero-order chi connectivity index (χ0) is 19.3. The second kappa shape index (κ2) is 8.25. The van der Waals surface area contributed by atoms with Gasteiger partial charge in [0, 0.05) is 11.4 Å². The summed E-state index contributed by atoms with van der Waals surface area (Å²) in [7, 11) is 1.36. The molecule has 138 valence electrons. The van der Waals surface area contributed by atoms with Crippen molar-refractivity contribution >= 4 is 28.9 Å². The average molecular weight is 381 g/mol. The molecule has 1 amide bonds. The van der Waals surface area contributed by atoms with Crippen LogP contribution < -0.4 is 14.8 Å². The number of methoxy groups -OCH3 is 1. The van der Waals surface area contributed by atoms with Gasteiger partial charge in [-0.25, -0.2) is 9.78 Å². The van der Waals surface area contributed by atoms with Crippen LogP contribution in [0, 0.1) is 10.1 Å². The fraction of sp³-hybridized carbons (Fsp3) is 0.267. The van der Waals surface area contributed by atoms with Gasteiger partial charge < -0.3 is 19.9 Å². The number of amides is 1. The van der Waals surface area contributed by atoms with Crippen LogP contribution in [0.3, 0.4) is 0 Å². The van der Waals surface area contributed by atoms with Gasteiger partial charge in [-0.1, -0.05) is 0 Å². The number of aromatic nitrogens is 1. The Labute approximate surface area is 151 Å². The number of thiazole rings is 1. The van der Waals surface area contributed by atoms with E-state index in [1.165, 1.54) is 18.6 Å². The molecule has 0 bridgehead atoms. The van der Waals surface area contributed by atoms with Crippen LogP contribution in [0.25, 0.3) is 0 Å². The number of hydrogen-bond donors (Lipinski definition) is 2. The lowest BCUT2D eigenvalue weighted by Gasteiger charge is -2.11. The molecule has 0 saturated heterocycles. The molecule has 0 aliphatic carbocycles. The van der Waals surface area contributed by atoms with E-state index in [1.807, 2.05) is 0 Å². The van der Waals surface area contributed by atoms with Gasteiger partial charge in [-0.05, 0) is 6.92 Å². The number of nitro benzene ring substituents is 1. The van der Waals surface area contributed by atoms with Crippen LogP contribution in [0.5, 0.6) is 11.5 Å². The minimum atomic E-state index is -1.18. The lowest BCUT2D eigenvalue weighted by atomic mass is 10.1. The number of aromatic carboxylic acids is 1. The number of nitrogens with one attached hydrogen (secondary N) is 1. The highest BCUT2D eigenvalue weighted by Crippen LogP contribution is 2.34. The van der Waals surface area contributed by atoms with Crippen molar-refractivity contribution in [2.75, 3.05) is 13.7 Å². The van der Waals surface area contributed by atoms with Crippen molar-refractivity contribution in [1.82, 2.24) is 10.3 Å². The second-order valence-electron chi connectivity index (χ2n) is 4.82. The molecule has 0 unspecified atom stereocenters. The first kappa shape index (κ1) is 19.1. The lowest BCUT2D eigenvalue weighted by Crippen LogP contribution is -2.24. The standard InChI is InChI=1S/C15H15N3O7S/c1-3-25-12-5-10(18(22)23)8(4-11(12)24-2)14(19)16-6-13-17-9(7-26-13)15(20)21/h4-5,7H,3,6H2,1-2H3,(H,16,19)(H,20,21). The number of ether oxygens (including phenoxy) is 2. The Morgan fingerprint density at radius 3 is 2.65 bits per heavy atom. The molecule has 0 saturated carbocycles. The van der Waals surface area contributed by atoms with E-state index in [1.54, 1.807) is 6.92 Å². The molecule has 11 heteroatoms. The maximum absolute atomic E-state index is 12.4. The Kier molecular flexibility index (Phi) is 6.07. The number of benzene rings is 1. The predicted octanol–water partition coefficient (Wildman–Crippen LogP) is 2.09. The molecule has 1 heterocycles. The fourth-order valence-electron chi connectivity index (χ4n) is 2.05. The summed E-state index contributed by atoms with van der Waals surface area (Å²) in [6.07, 6.45) is 0. The first-order valence-electron chi connectivity index (χ1n) is 7.32.